The fourth-order valence-electron chi connectivity index (χ4n) is 3.21. The molecule has 4 rings (SSSR count). The van der Waals surface area contributed by atoms with Crippen molar-refractivity contribution in [2.45, 2.75) is 46.7 Å². The lowest BCUT2D eigenvalue weighted by Gasteiger charge is -2.10. The zero-order chi connectivity index (χ0) is 22.8. The fraction of sp³-hybridized carbons (Fsp3) is 0.318. The van der Waals surface area contributed by atoms with Crippen molar-refractivity contribution in [1.29, 1.82) is 0 Å². The van der Waals surface area contributed by atoms with Crippen molar-refractivity contribution in [3.63, 3.8) is 0 Å². The first kappa shape index (κ1) is 21.3. The molecule has 1 N–H and O–H groups in total. The van der Waals surface area contributed by atoms with Gasteiger partial charge in [0.15, 0.2) is 0 Å². The molecule has 0 aliphatic carbocycles. The van der Waals surface area contributed by atoms with Gasteiger partial charge in [-0.1, -0.05) is 6.07 Å². The Hall–Kier alpha value is -3.95. The van der Waals surface area contributed by atoms with Crippen LogP contribution in [-0.2, 0) is 0 Å². The minimum atomic E-state index is -0.359. The standard InChI is InChI=1S/C22H25N9O/c1-13(2)30-10-9-17(27-30)16-11-19(23-12-15(16)5)22(32)25-20-8-6-7-18(24-20)21-26-28-29-31(21)14(3)4/h6-14H,1-5H3,(H,24,25,32). The first-order chi connectivity index (χ1) is 15.3. The van der Waals surface area contributed by atoms with E-state index in [1.54, 1.807) is 35.1 Å². The summed E-state index contributed by atoms with van der Waals surface area (Å²) in [7, 11) is 0. The van der Waals surface area contributed by atoms with Crippen molar-refractivity contribution in [2.75, 3.05) is 5.32 Å². The van der Waals surface area contributed by atoms with Crippen molar-refractivity contribution < 1.29 is 4.79 Å². The Morgan fingerprint density at radius 1 is 1.06 bits per heavy atom. The van der Waals surface area contributed by atoms with Crippen LogP contribution >= 0.6 is 0 Å². The van der Waals surface area contributed by atoms with Crippen LogP contribution in [-0.4, -0.2) is 45.9 Å². The predicted octanol–water partition coefficient (Wildman–Crippen LogP) is 3.72. The van der Waals surface area contributed by atoms with Gasteiger partial charge in [0.25, 0.3) is 5.91 Å². The SMILES string of the molecule is Cc1cnc(C(=O)Nc2cccc(-c3nnnn3C(C)C)n2)cc1-c1ccn(C(C)C)n1. The van der Waals surface area contributed by atoms with Gasteiger partial charge >= 0.3 is 0 Å². The average Bonchev–Trinajstić information content (AvgIpc) is 3.44. The van der Waals surface area contributed by atoms with Gasteiger partial charge in [-0.05, 0) is 74.9 Å². The number of carbonyl (C=O) groups is 1. The van der Waals surface area contributed by atoms with Crippen molar-refractivity contribution >= 4 is 11.7 Å². The Kier molecular flexibility index (Phi) is 5.76. The molecule has 32 heavy (non-hydrogen) atoms. The molecular formula is C22H25N9O. The van der Waals surface area contributed by atoms with E-state index in [0.29, 0.717) is 17.3 Å². The molecule has 164 valence electrons. The summed E-state index contributed by atoms with van der Waals surface area (Å²) < 4.78 is 3.56. The maximum Gasteiger partial charge on any atom is 0.275 e. The molecule has 0 unspecified atom stereocenters. The van der Waals surface area contributed by atoms with Crippen LogP contribution in [0.5, 0.6) is 0 Å². The van der Waals surface area contributed by atoms with Crippen molar-refractivity contribution in [3.8, 4) is 22.8 Å². The third kappa shape index (κ3) is 4.25. The van der Waals surface area contributed by atoms with E-state index in [4.69, 9.17) is 0 Å². The Morgan fingerprint density at radius 2 is 1.88 bits per heavy atom. The molecule has 0 aliphatic heterocycles. The summed E-state index contributed by atoms with van der Waals surface area (Å²) in [6, 6.07) is 9.33. The van der Waals surface area contributed by atoms with Crippen LogP contribution < -0.4 is 5.32 Å². The van der Waals surface area contributed by atoms with Gasteiger partial charge in [0.1, 0.15) is 17.2 Å². The van der Waals surface area contributed by atoms with E-state index in [2.05, 4.69) is 49.8 Å². The van der Waals surface area contributed by atoms with Crippen LogP contribution in [0.15, 0.2) is 42.7 Å². The fourth-order valence-corrected chi connectivity index (χ4v) is 3.21. The summed E-state index contributed by atoms with van der Waals surface area (Å²) in [4.78, 5) is 21.7. The molecule has 4 heterocycles. The van der Waals surface area contributed by atoms with Crippen LogP contribution in [0.3, 0.4) is 0 Å². The summed E-state index contributed by atoms with van der Waals surface area (Å²) in [5, 5.41) is 19.2. The molecule has 0 bridgehead atoms. The van der Waals surface area contributed by atoms with E-state index in [-0.39, 0.29) is 23.7 Å². The quantitative estimate of drug-likeness (QED) is 0.494. The first-order valence-electron chi connectivity index (χ1n) is 10.4. The number of aryl methyl sites for hydroxylation is 1. The van der Waals surface area contributed by atoms with Crippen LogP contribution in [0.25, 0.3) is 22.8 Å². The second-order valence-corrected chi connectivity index (χ2v) is 8.06. The van der Waals surface area contributed by atoms with E-state index >= 15 is 0 Å². The molecule has 1 amide bonds. The molecule has 0 spiro atoms. The minimum Gasteiger partial charge on any atom is -0.305 e. The lowest BCUT2D eigenvalue weighted by Crippen LogP contribution is -2.15. The molecule has 0 aliphatic rings. The molecule has 0 saturated heterocycles. The Bertz CT molecular complexity index is 1260. The Morgan fingerprint density at radius 3 is 2.59 bits per heavy atom. The number of nitrogens with zero attached hydrogens (tertiary/aromatic N) is 8. The van der Waals surface area contributed by atoms with Crippen molar-refractivity contribution in [1.82, 2.24) is 40.0 Å². The van der Waals surface area contributed by atoms with Gasteiger partial charge in [-0.25, -0.2) is 9.67 Å². The number of rotatable bonds is 6. The van der Waals surface area contributed by atoms with Gasteiger partial charge in [-0.3, -0.25) is 14.5 Å². The molecule has 10 nitrogen and oxygen atoms in total. The van der Waals surface area contributed by atoms with E-state index in [0.717, 1.165) is 16.8 Å². The van der Waals surface area contributed by atoms with E-state index in [1.165, 1.54) is 0 Å². The molecule has 0 aromatic carbocycles. The highest BCUT2D eigenvalue weighted by Gasteiger charge is 2.16. The van der Waals surface area contributed by atoms with Crippen LogP contribution in [0.4, 0.5) is 5.82 Å². The topological polar surface area (TPSA) is 116 Å². The summed E-state index contributed by atoms with van der Waals surface area (Å²) in [5.41, 5.74) is 3.45. The van der Waals surface area contributed by atoms with Gasteiger partial charge in [0.2, 0.25) is 5.82 Å². The largest absolute Gasteiger partial charge is 0.305 e. The smallest absolute Gasteiger partial charge is 0.275 e. The summed E-state index contributed by atoms with van der Waals surface area (Å²) in [6.07, 6.45) is 3.61. The maximum atomic E-state index is 12.9. The zero-order valence-electron chi connectivity index (χ0n) is 18.7. The molecule has 4 aromatic rings. The maximum absolute atomic E-state index is 12.9. The number of carbonyl (C=O) groups excluding carboxylic acids is 1. The summed E-state index contributed by atoms with van der Waals surface area (Å²) in [6.45, 7) is 10.0. The third-order valence-electron chi connectivity index (χ3n) is 4.95. The third-order valence-corrected chi connectivity index (χ3v) is 4.95. The molecule has 10 heteroatoms. The number of amides is 1. The molecule has 4 aromatic heterocycles. The van der Waals surface area contributed by atoms with E-state index < -0.39 is 0 Å². The van der Waals surface area contributed by atoms with Gasteiger partial charge in [0.05, 0.1) is 11.7 Å². The first-order valence-corrected chi connectivity index (χ1v) is 10.4. The second-order valence-electron chi connectivity index (χ2n) is 8.06. The highest BCUT2D eigenvalue weighted by molar-refractivity contribution is 6.03. The highest BCUT2D eigenvalue weighted by atomic mass is 16.1. The number of hydrogen-bond donors (Lipinski definition) is 1. The number of aromatic nitrogens is 8. The normalized spacial score (nSPS) is 11.3. The number of anilines is 1. The Labute approximate surface area is 185 Å². The molecule has 0 radical (unpaired) electrons. The number of nitrogens with one attached hydrogen (secondary N) is 1. The number of pyridine rings is 2. The lowest BCUT2D eigenvalue weighted by molar-refractivity contribution is 0.102. The average molecular weight is 432 g/mol. The van der Waals surface area contributed by atoms with E-state index in [1.807, 2.05) is 37.7 Å². The van der Waals surface area contributed by atoms with Gasteiger partial charge in [-0.2, -0.15) is 5.10 Å². The monoisotopic (exact) mass is 431 g/mol. The van der Waals surface area contributed by atoms with E-state index in [9.17, 15) is 4.79 Å². The molecular weight excluding hydrogens is 406 g/mol. The van der Waals surface area contributed by atoms with Gasteiger partial charge in [0, 0.05) is 24.0 Å². The second kappa shape index (κ2) is 8.66. The molecule has 0 saturated carbocycles. The van der Waals surface area contributed by atoms with Crippen LogP contribution in [0.2, 0.25) is 0 Å². The van der Waals surface area contributed by atoms with Crippen LogP contribution in [0.1, 0.15) is 55.8 Å². The zero-order valence-corrected chi connectivity index (χ0v) is 18.7. The predicted molar refractivity (Wildman–Crippen MR) is 120 cm³/mol. The molecule has 0 atom stereocenters. The van der Waals surface area contributed by atoms with Gasteiger partial charge in [-0.15, -0.1) is 5.10 Å². The van der Waals surface area contributed by atoms with Crippen LogP contribution in [0, 0.1) is 6.92 Å². The van der Waals surface area contributed by atoms with Crippen molar-refractivity contribution in [3.05, 3.63) is 54.0 Å². The van der Waals surface area contributed by atoms with Gasteiger partial charge < -0.3 is 5.32 Å². The Balaban J connectivity index is 1.59. The molecule has 0 fully saturated rings. The minimum absolute atomic E-state index is 0.0781. The van der Waals surface area contributed by atoms with Crippen molar-refractivity contribution in [2.24, 2.45) is 0 Å². The summed E-state index contributed by atoms with van der Waals surface area (Å²) >= 11 is 0. The number of tetrazole rings is 1. The summed E-state index contributed by atoms with van der Waals surface area (Å²) in [5.74, 6) is 0.564. The lowest BCUT2D eigenvalue weighted by atomic mass is 10.1. The number of hydrogen-bond acceptors (Lipinski definition) is 7. The highest BCUT2D eigenvalue weighted by Crippen LogP contribution is 2.23.